The van der Waals surface area contributed by atoms with Crippen LogP contribution in [0, 0.1) is 0 Å². The van der Waals surface area contributed by atoms with Crippen LogP contribution < -0.4 is 22.5 Å². The number of likely N-dealkylation sites (tertiary alicyclic amines) is 2. The third kappa shape index (κ3) is 6.40. The highest BCUT2D eigenvalue weighted by atomic mass is 16.2. The number of anilines is 1. The van der Waals surface area contributed by atoms with Gasteiger partial charge in [0, 0.05) is 37.9 Å². The maximum atomic E-state index is 12.6. The van der Waals surface area contributed by atoms with Crippen LogP contribution >= 0.6 is 0 Å². The first-order valence-corrected chi connectivity index (χ1v) is 12.0. The number of rotatable bonds is 5. The van der Waals surface area contributed by atoms with Gasteiger partial charge in [0.15, 0.2) is 0 Å². The summed E-state index contributed by atoms with van der Waals surface area (Å²) in [6.07, 6.45) is 7.75. The van der Waals surface area contributed by atoms with Crippen molar-refractivity contribution in [3.8, 4) is 5.69 Å². The molecule has 1 aromatic heterocycles. The zero-order valence-electron chi connectivity index (χ0n) is 19.2. The Kier molecular flexibility index (Phi) is 7.74. The van der Waals surface area contributed by atoms with Crippen molar-refractivity contribution in [2.24, 2.45) is 11.5 Å². The summed E-state index contributed by atoms with van der Waals surface area (Å²) in [6.45, 7) is 4.37. The Morgan fingerprint density at radius 3 is 2.52 bits per heavy atom. The highest BCUT2D eigenvalue weighted by Gasteiger charge is 2.21. The van der Waals surface area contributed by atoms with Gasteiger partial charge in [0.1, 0.15) is 5.82 Å². The third-order valence-electron chi connectivity index (χ3n) is 6.58. The SMILES string of the molecule is NC1CCCN(CCc2ccc(-n3ccc(NC(=O)N4CCCC(N)C4)nc3=O)cc2)CC1. The van der Waals surface area contributed by atoms with Gasteiger partial charge in [0.25, 0.3) is 0 Å². The molecule has 2 unspecified atom stereocenters. The molecule has 2 saturated heterocycles. The number of hydrogen-bond acceptors (Lipinski definition) is 6. The van der Waals surface area contributed by atoms with E-state index in [4.69, 9.17) is 11.5 Å². The van der Waals surface area contributed by atoms with Gasteiger partial charge in [-0.3, -0.25) is 9.88 Å². The van der Waals surface area contributed by atoms with Crippen LogP contribution in [0.5, 0.6) is 0 Å². The van der Waals surface area contributed by atoms with Crippen molar-refractivity contribution in [3.05, 3.63) is 52.6 Å². The van der Waals surface area contributed by atoms with Crippen molar-refractivity contribution >= 4 is 11.8 Å². The van der Waals surface area contributed by atoms with Crippen LogP contribution in [0.1, 0.15) is 37.7 Å². The molecular formula is C24H35N7O2. The quantitative estimate of drug-likeness (QED) is 0.631. The Hall–Kier alpha value is -2.75. The predicted octanol–water partition coefficient (Wildman–Crippen LogP) is 1.54. The van der Waals surface area contributed by atoms with Crippen LogP contribution in [-0.2, 0) is 6.42 Å². The lowest BCUT2D eigenvalue weighted by Crippen LogP contribution is -2.47. The van der Waals surface area contributed by atoms with Gasteiger partial charge in [0.05, 0.1) is 5.69 Å². The van der Waals surface area contributed by atoms with E-state index in [0.29, 0.717) is 19.1 Å². The molecule has 0 aliphatic carbocycles. The van der Waals surface area contributed by atoms with E-state index in [1.165, 1.54) is 10.1 Å². The number of amides is 2. The minimum atomic E-state index is -0.434. The Labute approximate surface area is 194 Å². The van der Waals surface area contributed by atoms with Crippen LogP contribution in [0.2, 0.25) is 0 Å². The average molecular weight is 454 g/mol. The zero-order chi connectivity index (χ0) is 23.2. The fraction of sp³-hybridized carbons (Fsp3) is 0.542. The van der Waals surface area contributed by atoms with Crippen molar-refractivity contribution in [1.82, 2.24) is 19.4 Å². The van der Waals surface area contributed by atoms with Gasteiger partial charge in [-0.2, -0.15) is 4.98 Å². The summed E-state index contributed by atoms with van der Waals surface area (Å²) in [5.41, 5.74) is 13.6. The van der Waals surface area contributed by atoms with E-state index in [0.717, 1.165) is 63.8 Å². The van der Waals surface area contributed by atoms with Gasteiger partial charge in [0.2, 0.25) is 0 Å². The number of nitrogens with one attached hydrogen (secondary N) is 1. The van der Waals surface area contributed by atoms with Gasteiger partial charge < -0.3 is 21.3 Å². The Morgan fingerprint density at radius 2 is 1.76 bits per heavy atom. The van der Waals surface area contributed by atoms with Crippen LogP contribution in [0.3, 0.4) is 0 Å². The van der Waals surface area contributed by atoms with Crippen molar-refractivity contribution in [2.45, 2.75) is 50.6 Å². The molecule has 9 nitrogen and oxygen atoms in total. The highest BCUT2D eigenvalue weighted by molar-refractivity contribution is 5.88. The standard InChI is InChI=1S/C24H35N7O2/c25-19-3-1-12-29(15-10-19)14-9-18-5-7-21(8-6-18)31-16-11-22(28-24(31)33)27-23(32)30-13-2-4-20(26)17-30/h5-8,11,16,19-20H,1-4,9-10,12-15,17,25-26H2,(H,27,28,32,33). The summed E-state index contributed by atoms with van der Waals surface area (Å²) in [6, 6.07) is 9.68. The maximum Gasteiger partial charge on any atom is 0.354 e. The minimum Gasteiger partial charge on any atom is -0.328 e. The predicted molar refractivity (Wildman–Crippen MR) is 130 cm³/mol. The topological polar surface area (TPSA) is 123 Å². The fourth-order valence-electron chi connectivity index (χ4n) is 4.57. The van der Waals surface area contributed by atoms with Crippen molar-refractivity contribution in [2.75, 3.05) is 38.0 Å². The lowest BCUT2D eigenvalue weighted by Gasteiger charge is -2.30. The minimum absolute atomic E-state index is 0.00363. The zero-order valence-corrected chi connectivity index (χ0v) is 19.2. The number of piperidine rings is 1. The molecule has 2 fully saturated rings. The first-order valence-electron chi connectivity index (χ1n) is 12.0. The largest absolute Gasteiger partial charge is 0.354 e. The smallest absolute Gasteiger partial charge is 0.328 e. The highest BCUT2D eigenvalue weighted by Crippen LogP contribution is 2.14. The normalized spacial score (nSPS) is 22.1. The monoisotopic (exact) mass is 453 g/mol. The molecule has 2 aliphatic heterocycles. The second-order valence-corrected chi connectivity index (χ2v) is 9.19. The molecule has 33 heavy (non-hydrogen) atoms. The molecule has 1 aromatic carbocycles. The first kappa shape index (κ1) is 23.4. The average Bonchev–Trinajstić information content (AvgIpc) is 3.02. The Balaban J connectivity index is 1.34. The van der Waals surface area contributed by atoms with Gasteiger partial charge in [-0.25, -0.2) is 9.59 Å². The molecule has 2 aromatic rings. The Morgan fingerprint density at radius 1 is 1.00 bits per heavy atom. The summed E-state index contributed by atoms with van der Waals surface area (Å²) >= 11 is 0. The first-order chi connectivity index (χ1) is 16.0. The van der Waals surface area contributed by atoms with Crippen LogP contribution in [0.4, 0.5) is 10.6 Å². The molecule has 0 saturated carbocycles. The van der Waals surface area contributed by atoms with Gasteiger partial charge >= 0.3 is 11.7 Å². The van der Waals surface area contributed by atoms with Crippen molar-refractivity contribution in [3.63, 3.8) is 0 Å². The van der Waals surface area contributed by atoms with E-state index in [1.807, 2.05) is 12.1 Å². The van der Waals surface area contributed by atoms with E-state index < -0.39 is 5.69 Å². The van der Waals surface area contributed by atoms with Crippen LogP contribution in [-0.4, -0.2) is 70.2 Å². The number of carbonyl (C=O) groups excluding carboxylic acids is 1. The molecule has 2 amide bonds. The van der Waals surface area contributed by atoms with E-state index in [9.17, 15) is 9.59 Å². The number of nitrogens with zero attached hydrogens (tertiary/aromatic N) is 4. The maximum absolute atomic E-state index is 12.6. The number of carbonyl (C=O) groups is 1. The number of urea groups is 1. The molecule has 3 heterocycles. The number of hydrogen-bond donors (Lipinski definition) is 3. The van der Waals surface area contributed by atoms with Gasteiger partial charge in [-0.05, 0) is 75.4 Å². The molecule has 9 heteroatoms. The molecular weight excluding hydrogens is 418 g/mol. The fourth-order valence-corrected chi connectivity index (χ4v) is 4.57. The summed E-state index contributed by atoms with van der Waals surface area (Å²) in [4.78, 5) is 33.2. The summed E-state index contributed by atoms with van der Waals surface area (Å²) in [7, 11) is 0. The van der Waals surface area contributed by atoms with E-state index >= 15 is 0 Å². The molecule has 178 valence electrons. The van der Waals surface area contributed by atoms with Crippen molar-refractivity contribution < 1.29 is 4.79 Å². The second-order valence-electron chi connectivity index (χ2n) is 9.19. The van der Waals surface area contributed by atoms with E-state index in [-0.39, 0.29) is 17.9 Å². The summed E-state index contributed by atoms with van der Waals surface area (Å²) in [5, 5.41) is 2.71. The lowest BCUT2D eigenvalue weighted by atomic mass is 10.1. The Bertz CT molecular complexity index is 991. The lowest BCUT2D eigenvalue weighted by molar-refractivity contribution is 0.193. The van der Waals surface area contributed by atoms with Gasteiger partial charge in [-0.1, -0.05) is 12.1 Å². The second kappa shape index (κ2) is 10.9. The molecule has 2 aliphatic rings. The number of aromatic nitrogens is 2. The van der Waals surface area contributed by atoms with Crippen molar-refractivity contribution in [1.29, 1.82) is 0 Å². The summed E-state index contributed by atoms with van der Waals surface area (Å²) in [5.74, 6) is 0.245. The molecule has 0 spiro atoms. The van der Waals surface area contributed by atoms with Gasteiger partial charge in [-0.15, -0.1) is 0 Å². The van der Waals surface area contributed by atoms with E-state index in [2.05, 4.69) is 27.3 Å². The molecule has 4 rings (SSSR count). The molecule has 0 radical (unpaired) electrons. The third-order valence-corrected chi connectivity index (χ3v) is 6.58. The summed E-state index contributed by atoms with van der Waals surface area (Å²) < 4.78 is 1.48. The number of benzene rings is 1. The number of nitrogens with two attached hydrogens (primary N) is 2. The van der Waals surface area contributed by atoms with E-state index in [1.54, 1.807) is 17.2 Å². The molecule has 0 bridgehead atoms. The van der Waals surface area contributed by atoms with Crippen LogP contribution in [0.15, 0.2) is 41.3 Å². The molecule has 2 atom stereocenters. The molecule has 5 N–H and O–H groups in total. The van der Waals surface area contributed by atoms with Crippen LogP contribution in [0.25, 0.3) is 5.69 Å².